The lowest BCUT2D eigenvalue weighted by atomic mass is 9.87. The van der Waals surface area contributed by atoms with Crippen molar-refractivity contribution in [1.29, 1.82) is 0 Å². The second-order valence-electron chi connectivity index (χ2n) is 11.3. The van der Waals surface area contributed by atoms with E-state index in [2.05, 4.69) is 0 Å². The van der Waals surface area contributed by atoms with Crippen LogP contribution in [-0.4, -0.2) is 42.1 Å². The van der Waals surface area contributed by atoms with Crippen LogP contribution in [0, 0.1) is 6.92 Å². The third-order valence-electron chi connectivity index (χ3n) is 8.02. The summed E-state index contributed by atoms with van der Waals surface area (Å²) in [5.74, 6) is 1.43. The molecule has 0 spiro atoms. The highest BCUT2D eigenvalue weighted by atomic mass is 35.5. The Bertz CT molecular complexity index is 1800. The van der Waals surface area contributed by atoms with Crippen molar-refractivity contribution in [3.63, 3.8) is 0 Å². The van der Waals surface area contributed by atoms with Crippen LogP contribution >= 0.6 is 11.6 Å². The minimum atomic E-state index is -1.09. The van der Waals surface area contributed by atoms with E-state index >= 15 is 0 Å². The summed E-state index contributed by atoms with van der Waals surface area (Å²) in [6.07, 6.45) is -1.07. The van der Waals surface area contributed by atoms with Gasteiger partial charge in [-0.15, -0.1) is 0 Å². The quantitative estimate of drug-likeness (QED) is 0.134. The molecular weight excluding hydrogens is 628 g/mol. The Kier molecular flexibility index (Phi) is 10.6. The Hall–Kier alpha value is -5.24. The third kappa shape index (κ3) is 8.00. The van der Waals surface area contributed by atoms with Crippen molar-refractivity contribution >= 4 is 23.6 Å². The fourth-order valence-corrected chi connectivity index (χ4v) is 5.88. The number of ether oxygens (including phenoxy) is 5. The number of carbonyl (C=O) groups is 1. The molecule has 5 atom stereocenters. The Morgan fingerprint density at radius 2 is 1.17 bits per heavy atom. The molecule has 0 unspecified atom stereocenters. The van der Waals surface area contributed by atoms with Gasteiger partial charge in [-0.3, -0.25) is 0 Å². The van der Waals surface area contributed by atoms with Gasteiger partial charge in [0, 0.05) is 11.1 Å². The lowest BCUT2D eigenvalue weighted by molar-refractivity contribution is -0.210. The average Bonchev–Trinajstić information content (AvgIpc) is 3.11. The maximum Gasteiger partial charge on any atom is 0.328 e. The number of benzene rings is 5. The SMILES string of the molecule is Cc1c(Cl)ccc([C@H]2O[C@H](COc3ccccc3)[C@@H](Oc3ccccc3)[C@H](Oc3ccccc3)[C@@H]2Oc2ccccc2)c1/C=C/C(=O)O. The predicted octanol–water partition coefficient (Wildman–Crippen LogP) is 8.61. The maximum atomic E-state index is 11.7. The normalized spacial score (nSPS) is 20.6. The van der Waals surface area contributed by atoms with Crippen LogP contribution in [0.3, 0.4) is 0 Å². The third-order valence-corrected chi connectivity index (χ3v) is 8.43. The van der Waals surface area contributed by atoms with Gasteiger partial charge in [-0.1, -0.05) is 90.5 Å². The van der Waals surface area contributed by atoms with Gasteiger partial charge in [0.1, 0.15) is 41.8 Å². The summed E-state index contributed by atoms with van der Waals surface area (Å²) in [7, 11) is 0. The fourth-order valence-electron chi connectivity index (χ4n) is 5.71. The standard InChI is InChI=1S/C40H35ClO7/c1-27-32(23-25-36(42)43)33(22-24-34(27)41)37-39(46-30-18-10-4-11-19-30)40(47-31-20-12-5-13-21-31)38(45-29-16-8-3-9-17-29)35(48-37)26-44-28-14-6-2-7-15-28/h2-25,35,37-40H,26H2,1H3,(H,42,43)/b25-23+/t35-,37-,38-,39-,40+/m1/s1. The zero-order valence-electron chi connectivity index (χ0n) is 26.2. The zero-order chi connectivity index (χ0) is 33.3. The molecule has 5 aromatic rings. The molecule has 0 bridgehead atoms. The minimum Gasteiger partial charge on any atom is -0.491 e. The van der Waals surface area contributed by atoms with Gasteiger partial charge >= 0.3 is 5.97 Å². The van der Waals surface area contributed by atoms with E-state index in [1.165, 1.54) is 6.08 Å². The number of hydrogen-bond acceptors (Lipinski definition) is 6. The molecule has 1 aliphatic heterocycles. The summed E-state index contributed by atoms with van der Waals surface area (Å²) in [5, 5.41) is 10.0. The number of carboxylic acid groups (broad SMARTS) is 1. The molecule has 8 heteroatoms. The average molecular weight is 663 g/mol. The van der Waals surface area contributed by atoms with E-state index in [0.717, 1.165) is 6.08 Å². The van der Waals surface area contributed by atoms with Crippen molar-refractivity contribution in [3.05, 3.63) is 161 Å². The smallest absolute Gasteiger partial charge is 0.328 e. The van der Waals surface area contributed by atoms with Gasteiger partial charge in [-0.25, -0.2) is 4.79 Å². The molecule has 7 nitrogen and oxygen atoms in total. The topological polar surface area (TPSA) is 83.5 Å². The van der Waals surface area contributed by atoms with Crippen LogP contribution in [0.1, 0.15) is 22.8 Å². The van der Waals surface area contributed by atoms with Crippen molar-refractivity contribution in [1.82, 2.24) is 0 Å². The first-order chi connectivity index (χ1) is 23.5. The highest BCUT2D eigenvalue weighted by molar-refractivity contribution is 6.31. The Morgan fingerprint density at radius 1 is 0.688 bits per heavy atom. The van der Waals surface area contributed by atoms with Crippen molar-refractivity contribution in [3.8, 4) is 23.0 Å². The molecule has 1 N–H and O–H groups in total. The highest BCUT2D eigenvalue weighted by Crippen LogP contribution is 2.41. The van der Waals surface area contributed by atoms with Gasteiger partial charge in [0.15, 0.2) is 18.3 Å². The van der Waals surface area contributed by atoms with Crippen LogP contribution in [0.25, 0.3) is 6.08 Å². The highest BCUT2D eigenvalue weighted by Gasteiger charge is 2.52. The molecule has 6 rings (SSSR count). The molecule has 244 valence electrons. The molecule has 1 heterocycles. The summed E-state index contributed by atoms with van der Waals surface area (Å²) in [5.41, 5.74) is 1.99. The molecular formula is C40H35ClO7. The number of rotatable bonds is 12. The van der Waals surface area contributed by atoms with Gasteiger partial charge in [0.05, 0.1) is 0 Å². The fraction of sp³-hybridized carbons (Fsp3) is 0.175. The van der Waals surface area contributed by atoms with Crippen LogP contribution in [-0.2, 0) is 9.53 Å². The van der Waals surface area contributed by atoms with E-state index in [-0.39, 0.29) is 6.61 Å². The van der Waals surface area contributed by atoms with Gasteiger partial charge in [0.25, 0.3) is 0 Å². The number of para-hydroxylation sites is 4. The van der Waals surface area contributed by atoms with E-state index < -0.39 is 36.5 Å². The largest absolute Gasteiger partial charge is 0.491 e. The molecule has 1 aliphatic rings. The monoisotopic (exact) mass is 662 g/mol. The molecule has 1 fully saturated rings. The van der Waals surface area contributed by atoms with Gasteiger partial charge in [-0.05, 0) is 84.3 Å². The first-order valence-corrected chi connectivity index (χ1v) is 16.0. The number of aliphatic carboxylic acids is 1. The first kappa shape index (κ1) is 32.7. The predicted molar refractivity (Wildman–Crippen MR) is 185 cm³/mol. The van der Waals surface area contributed by atoms with Gasteiger partial charge in [0.2, 0.25) is 0 Å². The molecule has 1 saturated heterocycles. The van der Waals surface area contributed by atoms with E-state index in [0.29, 0.717) is 44.7 Å². The van der Waals surface area contributed by atoms with E-state index in [1.807, 2.05) is 134 Å². The maximum absolute atomic E-state index is 11.7. The van der Waals surface area contributed by atoms with Crippen molar-refractivity contribution in [2.75, 3.05) is 6.61 Å². The van der Waals surface area contributed by atoms with Crippen LogP contribution in [0.4, 0.5) is 0 Å². The Labute approximate surface area is 284 Å². The van der Waals surface area contributed by atoms with Crippen molar-refractivity contribution in [2.45, 2.75) is 37.4 Å². The van der Waals surface area contributed by atoms with Gasteiger partial charge in [-0.2, -0.15) is 0 Å². The van der Waals surface area contributed by atoms with E-state index in [4.69, 9.17) is 35.3 Å². The van der Waals surface area contributed by atoms with Crippen LogP contribution in [0.5, 0.6) is 23.0 Å². The molecule has 5 aromatic carbocycles. The van der Waals surface area contributed by atoms with E-state index in [1.54, 1.807) is 6.07 Å². The van der Waals surface area contributed by atoms with Crippen molar-refractivity contribution < 1.29 is 33.6 Å². The van der Waals surface area contributed by atoms with E-state index in [9.17, 15) is 9.90 Å². The summed E-state index contributed by atoms with van der Waals surface area (Å²) >= 11 is 6.58. The zero-order valence-corrected chi connectivity index (χ0v) is 27.0. The number of halogens is 1. The number of carboxylic acids is 1. The van der Waals surface area contributed by atoms with Crippen molar-refractivity contribution in [2.24, 2.45) is 0 Å². The lowest BCUT2D eigenvalue weighted by Gasteiger charge is -2.46. The summed E-state index contributed by atoms with van der Waals surface area (Å²) in [4.78, 5) is 11.7. The molecule has 0 aliphatic carbocycles. The summed E-state index contributed by atoms with van der Waals surface area (Å²) < 4.78 is 33.6. The minimum absolute atomic E-state index is 0.123. The van der Waals surface area contributed by atoms with Crippen LogP contribution in [0.2, 0.25) is 5.02 Å². The molecule has 48 heavy (non-hydrogen) atoms. The van der Waals surface area contributed by atoms with Crippen LogP contribution in [0.15, 0.2) is 140 Å². The Morgan fingerprint density at radius 3 is 1.69 bits per heavy atom. The summed E-state index contributed by atoms with van der Waals surface area (Å²) in [6.45, 7) is 1.97. The van der Waals surface area contributed by atoms with Crippen LogP contribution < -0.4 is 18.9 Å². The number of hydrogen-bond donors (Lipinski definition) is 1. The molecule has 0 amide bonds. The lowest BCUT2D eigenvalue weighted by Crippen LogP contribution is -2.62. The molecule has 0 aromatic heterocycles. The summed E-state index contributed by atoms with van der Waals surface area (Å²) in [6, 6.07) is 41.5. The Balaban J connectivity index is 1.51. The second kappa shape index (κ2) is 15.6. The second-order valence-corrected chi connectivity index (χ2v) is 11.7. The first-order valence-electron chi connectivity index (χ1n) is 15.6. The molecule has 0 radical (unpaired) electrons. The molecule has 0 saturated carbocycles. The van der Waals surface area contributed by atoms with Gasteiger partial charge < -0.3 is 28.8 Å².